The molecule has 0 atom stereocenters. The van der Waals surface area contributed by atoms with E-state index in [9.17, 15) is 0 Å². The van der Waals surface area contributed by atoms with Crippen LogP contribution < -0.4 is 4.46 Å². The van der Waals surface area contributed by atoms with Crippen molar-refractivity contribution in [3.8, 4) is 0 Å². The fourth-order valence-corrected chi connectivity index (χ4v) is 2.80. The summed E-state index contributed by atoms with van der Waals surface area (Å²) < 4.78 is 1.20. The Bertz CT molecular complexity index is 694. The molecule has 0 radical (unpaired) electrons. The third-order valence-corrected chi connectivity index (χ3v) is 3.92. The van der Waals surface area contributed by atoms with Crippen LogP contribution in [0, 0.1) is 0 Å². The van der Waals surface area contributed by atoms with E-state index >= 15 is 0 Å². The van der Waals surface area contributed by atoms with Crippen molar-refractivity contribution in [2.24, 2.45) is 0 Å². The molecule has 1 nitrogen and oxygen atoms in total. The van der Waals surface area contributed by atoms with Gasteiger partial charge < -0.3 is 0 Å². The van der Waals surface area contributed by atoms with Crippen molar-refractivity contribution in [3.05, 3.63) is 48.5 Å². The van der Waals surface area contributed by atoms with E-state index in [0.717, 1.165) is 0 Å². The second kappa shape index (κ2) is 3.51. The topological polar surface area (TPSA) is 15.8 Å². The average Bonchev–Trinajstić information content (AvgIpc) is 2.69. The summed E-state index contributed by atoms with van der Waals surface area (Å²) in [6.45, 7) is 3.83. The van der Waals surface area contributed by atoms with E-state index in [1.54, 1.807) is 0 Å². The van der Waals surface area contributed by atoms with E-state index in [4.69, 9.17) is 0 Å². The van der Waals surface area contributed by atoms with Crippen LogP contribution in [0.15, 0.2) is 43.0 Å². The first kappa shape index (κ1) is 9.71. The maximum atomic E-state index is 3.83. The Kier molecular flexibility index (Phi) is 2.13. The SMILES string of the molecule is C=Cc1ccc2c([nH]c3ccccc32)c1[SeH]. The summed E-state index contributed by atoms with van der Waals surface area (Å²) in [4.78, 5) is 3.46. The molecule has 0 fully saturated rings. The van der Waals surface area contributed by atoms with Crippen LogP contribution in [0.1, 0.15) is 5.56 Å². The van der Waals surface area contributed by atoms with Gasteiger partial charge in [-0.1, -0.05) is 0 Å². The predicted octanol–water partition coefficient (Wildman–Crippen LogP) is 2.49. The van der Waals surface area contributed by atoms with Gasteiger partial charge in [0.1, 0.15) is 0 Å². The van der Waals surface area contributed by atoms with Crippen molar-refractivity contribution < 1.29 is 0 Å². The molecule has 16 heavy (non-hydrogen) atoms. The van der Waals surface area contributed by atoms with Gasteiger partial charge in [-0.05, 0) is 0 Å². The molecular weight excluding hydrogens is 261 g/mol. The third-order valence-electron chi connectivity index (χ3n) is 2.91. The number of para-hydroxylation sites is 1. The Balaban J connectivity index is 2.54. The van der Waals surface area contributed by atoms with Crippen LogP contribution in [0.4, 0.5) is 0 Å². The molecule has 2 heteroatoms. The Labute approximate surface area is 102 Å². The number of H-pyrrole nitrogens is 1. The molecule has 3 aromatic rings. The maximum absolute atomic E-state index is 3.83. The normalized spacial score (nSPS) is 11.1. The molecular formula is C14H11NSe. The number of rotatable bonds is 1. The van der Waals surface area contributed by atoms with Crippen LogP contribution in [0.5, 0.6) is 0 Å². The van der Waals surface area contributed by atoms with Crippen molar-refractivity contribution in [1.82, 2.24) is 4.98 Å². The fourth-order valence-electron chi connectivity index (χ4n) is 2.08. The second-order valence-electron chi connectivity index (χ2n) is 3.80. The quantitative estimate of drug-likeness (QED) is 0.655. The molecule has 2 aromatic carbocycles. The molecule has 0 bridgehead atoms. The number of hydrogen-bond acceptors (Lipinski definition) is 0. The van der Waals surface area contributed by atoms with Crippen LogP contribution >= 0.6 is 0 Å². The monoisotopic (exact) mass is 273 g/mol. The number of aromatic amines is 1. The van der Waals surface area contributed by atoms with Gasteiger partial charge in [-0.15, -0.1) is 0 Å². The van der Waals surface area contributed by atoms with Gasteiger partial charge in [-0.2, -0.15) is 0 Å². The first-order chi connectivity index (χ1) is 7.81. The molecule has 0 spiro atoms. The first-order valence-corrected chi connectivity index (χ1v) is 6.10. The molecule has 3 rings (SSSR count). The summed E-state index contributed by atoms with van der Waals surface area (Å²) in [5, 5.41) is 2.55. The van der Waals surface area contributed by atoms with Gasteiger partial charge in [-0.25, -0.2) is 0 Å². The Morgan fingerprint density at radius 1 is 1.06 bits per heavy atom. The Morgan fingerprint density at radius 2 is 1.88 bits per heavy atom. The van der Waals surface area contributed by atoms with E-state index in [1.807, 2.05) is 6.08 Å². The molecule has 1 heterocycles. The zero-order valence-electron chi connectivity index (χ0n) is 8.70. The third kappa shape index (κ3) is 1.24. The van der Waals surface area contributed by atoms with Crippen molar-refractivity contribution in [3.63, 3.8) is 0 Å². The van der Waals surface area contributed by atoms with Gasteiger partial charge >= 0.3 is 102 Å². The minimum absolute atomic E-state index is 1.17. The number of benzene rings is 2. The van der Waals surface area contributed by atoms with E-state index in [0.29, 0.717) is 0 Å². The van der Waals surface area contributed by atoms with Gasteiger partial charge in [0.05, 0.1) is 0 Å². The summed E-state index contributed by atoms with van der Waals surface area (Å²) in [5.41, 5.74) is 3.55. The number of nitrogens with one attached hydrogen (secondary N) is 1. The van der Waals surface area contributed by atoms with Gasteiger partial charge in [0, 0.05) is 0 Å². The molecule has 1 N–H and O–H groups in total. The molecule has 0 amide bonds. The van der Waals surface area contributed by atoms with Crippen molar-refractivity contribution >= 4 is 48.4 Å². The molecule has 1 aromatic heterocycles. The van der Waals surface area contributed by atoms with Gasteiger partial charge in [0.15, 0.2) is 0 Å². The fraction of sp³-hybridized carbons (Fsp3) is 0. The van der Waals surface area contributed by atoms with E-state index in [1.165, 1.54) is 31.8 Å². The average molecular weight is 272 g/mol. The molecule has 0 aliphatic heterocycles. The van der Waals surface area contributed by atoms with Gasteiger partial charge in [-0.3, -0.25) is 0 Å². The molecule has 0 aliphatic rings. The molecule has 0 saturated carbocycles. The molecule has 0 unspecified atom stereocenters. The van der Waals surface area contributed by atoms with Crippen LogP contribution in [0.2, 0.25) is 0 Å². The van der Waals surface area contributed by atoms with E-state index in [2.05, 4.69) is 64.0 Å². The van der Waals surface area contributed by atoms with Crippen LogP contribution in [0.3, 0.4) is 0 Å². The molecule has 78 valence electrons. The first-order valence-electron chi connectivity index (χ1n) is 5.16. The summed E-state index contributed by atoms with van der Waals surface area (Å²) in [6.07, 6.45) is 1.89. The minimum atomic E-state index is 1.17. The standard InChI is InChI=1S/C14H11NSe/c1-2-9-7-8-11-10-5-3-4-6-12(10)15-13(11)14(9)16/h2-8,15-16H,1H2. The summed E-state index contributed by atoms with van der Waals surface area (Å²) in [5.74, 6) is 0. The zero-order valence-corrected chi connectivity index (χ0v) is 10.6. The van der Waals surface area contributed by atoms with Gasteiger partial charge in [0.25, 0.3) is 0 Å². The Morgan fingerprint density at radius 3 is 2.69 bits per heavy atom. The summed E-state index contributed by atoms with van der Waals surface area (Å²) in [6, 6.07) is 12.6. The van der Waals surface area contributed by atoms with Crippen LogP contribution in [-0.4, -0.2) is 21.0 Å². The van der Waals surface area contributed by atoms with E-state index < -0.39 is 0 Å². The zero-order chi connectivity index (χ0) is 11.1. The van der Waals surface area contributed by atoms with E-state index in [-0.39, 0.29) is 0 Å². The summed E-state index contributed by atoms with van der Waals surface area (Å²) >= 11 is 2.63. The number of fused-ring (bicyclic) bond motifs is 3. The summed E-state index contributed by atoms with van der Waals surface area (Å²) in [7, 11) is 0. The number of hydrogen-bond donors (Lipinski definition) is 1. The van der Waals surface area contributed by atoms with Crippen molar-refractivity contribution in [1.29, 1.82) is 0 Å². The molecule has 0 aliphatic carbocycles. The predicted molar refractivity (Wildman–Crippen MR) is 72.7 cm³/mol. The van der Waals surface area contributed by atoms with Crippen LogP contribution in [-0.2, 0) is 0 Å². The second-order valence-corrected chi connectivity index (χ2v) is 4.74. The molecule has 0 saturated heterocycles. The van der Waals surface area contributed by atoms with Crippen molar-refractivity contribution in [2.75, 3.05) is 0 Å². The van der Waals surface area contributed by atoms with Crippen molar-refractivity contribution in [2.45, 2.75) is 0 Å². The van der Waals surface area contributed by atoms with Crippen LogP contribution in [0.25, 0.3) is 27.9 Å². The van der Waals surface area contributed by atoms with Gasteiger partial charge in [0.2, 0.25) is 0 Å². The Hall–Kier alpha value is -1.50. The number of aromatic nitrogens is 1.